The van der Waals surface area contributed by atoms with E-state index < -0.39 is 23.8 Å². The average Bonchev–Trinajstić information content (AvgIpc) is 2.84. The molecule has 7 heteroatoms. The zero-order valence-electron chi connectivity index (χ0n) is 12.5. The van der Waals surface area contributed by atoms with Crippen molar-refractivity contribution < 1.29 is 29.4 Å². The molecule has 0 aliphatic carbocycles. The van der Waals surface area contributed by atoms with Gasteiger partial charge in [-0.2, -0.15) is 0 Å². The highest BCUT2D eigenvalue weighted by molar-refractivity contribution is 6.34. The second-order valence-electron chi connectivity index (χ2n) is 5.23. The van der Waals surface area contributed by atoms with Crippen molar-refractivity contribution in [3.8, 4) is 12.3 Å². The van der Waals surface area contributed by atoms with E-state index >= 15 is 0 Å². The first-order chi connectivity index (χ1) is 11.8. The summed E-state index contributed by atoms with van der Waals surface area (Å²) in [6, 6.07) is 7.38. The van der Waals surface area contributed by atoms with E-state index in [0.29, 0.717) is 5.56 Å². The molecule has 0 saturated heterocycles. The summed E-state index contributed by atoms with van der Waals surface area (Å²) in [6.07, 6.45) is 5.29. The van der Waals surface area contributed by atoms with E-state index in [1.807, 2.05) is 0 Å². The van der Waals surface area contributed by atoms with Gasteiger partial charge < -0.3 is 10.2 Å². The molecule has 7 nitrogen and oxygen atoms in total. The summed E-state index contributed by atoms with van der Waals surface area (Å²) in [5, 5.41) is 18.3. The van der Waals surface area contributed by atoms with E-state index in [-0.39, 0.29) is 27.9 Å². The third-order valence-electron chi connectivity index (χ3n) is 3.72. The van der Waals surface area contributed by atoms with Crippen LogP contribution in [0.2, 0.25) is 0 Å². The average molecular weight is 335 g/mol. The summed E-state index contributed by atoms with van der Waals surface area (Å²) >= 11 is 0. The first-order valence-electron chi connectivity index (χ1n) is 6.94. The van der Waals surface area contributed by atoms with Crippen LogP contribution in [0.3, 0.4) is 0 Å². The molecule has 122 valence electrons. The number of nitrogens with zero attached hydrogens (tertiary/aromatic N) is 1. The molecule has 1 aliphatic rings. The highest BCUT2D eigenvalue weighted by Crippen LogP contribution is 2.30. The number of terminal acetylenes is 1. The molecule has 0 bridgehead atoms. The second kappa shape index (κ2) is 5.62. The van der Waals surface area contributed by atoms with Crippen LogP contribution in [0.15, 0.2) is 36.4 Å². The van der Waals surface area contributed by atoms with Crippen LogP contribution in [0, 0.1) is 12.3 Å². The minimum atomic E-state index is -1.38. The number of benzene rings is 2. The molecule has 0 atom stereocenters. The van der Waals surface area contributed by atoms with Crippen LogP contribution in [-0.4, -0.2) is 34.0 Å². The van der Waals surface area contributed by atoms with Gasteiger partial charge in [0, 0.05) is 5.56 Å². The maximum absolute atomic E-state index is 12.6. The molecule has 2 aromatic rings. The summed E-state index contributed by atoms with van der Waals surface area (Å²) in [4.78, 5) is 48.3. The molecular formula is C18H9NO6. The van der Waals surface area contributed by atoms with Gasteiger partial charge >= 0.3 is 11.9 Å². The Morgan fingerprint density at radius 1 is 0.880 bits per heavy atom. The van der Waals surface area contributed by atoms with Crippen molar-refractivity contribution in [2.75, 3.05) is 4.90 Å². The van der Waals surface area contributed by atoms with E-state index in [1.165, 1.54) is 18.2 Å². The van der Waals surface area contributed by atoms with Crippen molar-refractivity contribution in [3.05, 3.63) is 64.2 Å². The molecular weight excluding hydrogens is 326 g/mol. The number of fused-ring (bicyclic) bond motifs is 1. The van der Waals surface area contributed by atoms with Crippen LogP contribution in [0.4, 0.5) is 5.69 Å². The summed E-state index contributed by atoms with van der Waals surface area (Å²) in [7, 11) is 0. The number of amides is 2. The van der Waals surface area contributed by atoms with Gasteiger partial charge in [0.05, 0.1) is 27.9 Å². The first-order valence-corrected chi connectivity index (χ1v) is 6.94. The Hall–Kier alpha value is -3.92. The van der Waals surface area contributed by atoms with Crippen molar-refractivity contribution in [1.29, 1.82) is 0 Å². The smallest absolute Gasteiger partial charge is 0.335 e. The van der Waals surface area contributed by atoms with Crippen molar-refractivity contribution in [2.45, 2.75) is 0 Å². The lowest BCUT2D eigenvalue weighted by molar-refractivity contribution is 0.0695. The Morgan fingerprint density at radius 2 is 1.44 bits per heavy atom. The van der Waals surface area contributed by atoms with Gasteiger partial charge in [0.1, 0.15) is 0 Å². The molecule has 1 heterocycles. The molecule has 25 heavy (non-hydrogen) atoms. The van der Waals surface area contributed by atoms with Gasteiger partial charge in [0.25, 0.3) is 11.8 Å². The number of carboxylic acids is 2. The van der Waals surface area contributed by atoms with Crippen molar-refractivity contribution in [1.82, 2.24) is 0 Å². The van der Waals surface area contributed by atoms with Crippen LogP contribution >= 0.6 is 0 Å². The number of carboxylic acid groups (broad SMARTS) is 2. The number of anilines is 1. The van der Waals surface area contributed by atoms with Gasteiger partial charge in [0.15, 0.2) is 0 Å². The van der Waals surface area contributed by atoms with Gasteiger partial charge in [-0.15, -0.1) is 6.42 Å². The molecule has 2 amide bonds. The normalized spacial score (nSPS) is 12.7. The highest BCUT2D eigenvalue weighted by Gasteiger charge is 2.37. The molecule has 0 saturated carbocycles. The first kappa shape index (κ1) is 16.0. The lowest BCUT2D eigenvalue weighted by atomic mass is 10.1. The summed E-state index contributed by atoms with van der Waals surface area (Å²) in [5.74, 6) is -1.78. The molecule has 2 N–H and O–H groups in total. The number of rotatable bonds is 3. The number of imide groups is 1. The molecule has 3 rings (SSSR count). The predicted octanol–water partition coefficient (Wildman–Crippen LogP) is 1.86. The summed E-state index contributed by atoms with van der Waals surface area (Å²) in [5.41, 5.74) is -0.232. The molecule has 0 spiro atoms. The SMILES string of the molecule is C#Cc1ccc2c(c1)C(=O)N(c1cc(C(=O)O)cc(C(=O)O)c1)C2=O. The third kappa shape index (κ3) is 2.52. The summed E-state index contributed by atoms with van der Waals surface area (Å²) < 4.78 is 0. The van der Waals surface area contributed by atoms with E-state index in [1.54, 1.807) is 0 Å². The predicted molar refractivity (Wildman–Crippen MR) is 85.9 cm³/mol. The lowest BCUT2D eigenvalue weighted by Gasteiger charge is -2.15. The Kier molecular flexibility index (Phi) is 3.58. The van der Waals surface area contributed by atoms with Crippen LogP contribution < -0.4 is 4.90 Å². The standard InChI is InChI=1S/C18H9NO6/c1-2-9-3-4-13-14(5-9)16(21)19(15(13)20)12-7-10(17(22)23)6-11(8-12)18(24)25/h1,3-8H,(H,22,23)(H,24,25). The Bertz CT molecular complexity index is 982. The van der Waals surface area contributed by atoms with Crippen LogP contribution in [0.25, 0.3) is 0 Å². The Morgan fingerprint density at radius 3 is 1.96 bits per heavy atom. The van der Waals surface area contributed by atoms with Gasteiger partial charge in [-0.1, -0.05) is 5.92 Å². The third-order valence-corrected chi connectivity index (χ3v) is 3.72. The van der Waals surface area contributed by atoms with Gasteiger partial charge in [0.2, 0.25) is 0 Å². The fourth-order valence-electron chi connectivity index (χ4n) is 2.55. The maximum atomic E-state index is 12.6. The maximum Gasteiger partial charge on any atom is 0.335 e. The van der Waals surface area contributed by atoms with Crippen molar-refractivity contribution in [3.63, 3.8) is 0 Å². The Labute approximate surface area is 141 Å². The monoisotopic (exact) mass is 335 g/mol. The number of hydrogen-bond acceptors (Lipinski definition) is 4. The zero-order chi connectivity index (χ0) is 18.3. The van der Waals surface area contributed by atoms with E-state index in [4.69, 9.17) is 16.6 Å². The topological polar surface area (TPSA) is 112 Å². The molecule has 0 aromatic heterocycles. The molecule has 1 aliphatic heterocycles. The molecule has 0 fully saturated rings. The largest absolute Gasteiger partial charge is 0.478 e. The molecule has 0 radical (unpaired) electrons. The number of carbonyl (C=O) groups is 4. The van der Waals surface area contributed by atoms with Gasteiger partial charge in [-0.05, 0) is 36.4 Å². The van der Waals surface area contributed by atoms with E-state index in [0.717, 1.165) is 23.1 Å². The molecule has 0 unspecified atom stereocenters. The fraction of sp³-hybridized carbons (Fsp3) is 0. The van der Waals surface area contributed by atoms with E-state index in [9.17, 15) is 19.2 Å². The lowest BCUT2D eigenvalue weighted by Crippen LogP contribution is -2.29. The van der Waals surface area contributed by atoms with E-state index in [2.05, 4.69) is 5.92 Å². The minimum Gasteiger partial charge on any atom is -0.478 e. The zero-order valence-corrected chi connectivity index (χ0v) is 12.5. The molecule has 2 aromatic carbocycles. The van der Waals surface area contributed by atoms with Crippen molar-refractivity contribution >= 4 is 29.4 Å². The van der Waals surface area contributed by atoms with Gasteiger partial charge in [-0.3, -0.25) is 9.59 Å². The number of hydrogen-bond donors (Lipinski definition) is 2. The van der Waals surface area contributed by atoms with Crippen LogP contribution in [0.1, 0.15) is 47.0 Å². The summed E-state index contributed by atoms with van der Waals surface area (Å²) in [6.45, 7) is 0. The highest BCUT2D eigenvalue weighted by atomic mass is 16.4. The number of aromatic carboxylic acids is 2. The second-order valence-corrected chi connectivity index (χ2v) is 5.23. The van der Waals surface area contributed by atoms with Crippen LogP contribution in [-0.2, 0) is 0 Å². The quantitative estimate of drug-likeness (QED) is 0.654. The minimum absolute atomic E-state index is 0.0815. The number of carbonyl (C=O) groups excluding carboxylic acids is 2. The Balaban J connectivity index is 2.16. The fourth-order valence-corrected chi connectivity index (χ4v) is 2.55. The van der Waals surface area contributed by atoms with Crippen molar-refractivity contribution in [2.24, 2.45) is 0 Å². The van der Waals surface area contributed by atoms with Crippen LogP contribution in [0.5, 0.6) is 0 Å². The van der Waals surface area contributed by atoms with Gasteiger partial charge in [-0.25, -0.2) is 14.5 Å².